The predicted octanol–water partition coefficient (Wildman–Crippen LogP) is 4.07. The molecule has 1 aliphatic carbocycles. The molecule has 0 spiro atoms. The van der Waals surface area contributed by atoms with Crippen molar-refractivity contribution in [3.05, 3.63) is 12.1 Å². The molecule has 0 aliphatic heterocycles. The molecule has 0 atom stereocenters. The van der Waals surface area contributed by atoms with Crippen LogP contribution in [0.2, 0.25) is 0 Å². The minimum absolute atomic E-state index is 0.512. The van der Waals surface area contributed by atoms with Crippen molar-refractivity contribution in [2.45, 2.75) is 58.8 Å². The van der Waals surface area contributed by atoms with Gasteiger partial charge in [0.15, 0.2) is 0 Å². The van der Waals surface area contributed by atoms with E-state index in [2.05, 4.69) is 28.7 Å². The highest BCUT2D eigenvalue weighted by Crippen LogP contribution is 2.23. The Morgan fingerprint density at radius 3 is 2.50 bits per heavy atom. The third-order valence-corrected chi connectivity index (χ3v) is 4.27. The Morgan fingerprint density at radius 1 is 1.12 bits per heavy atom. The van der Waals surface area contributed by atoms with Crippen LogP contribution in [0.5, 0.6) is 5.88 Å². The molecule has 1 heterocycles. The van der Waals surface area contributed by atoms with Crippen molar-refractivity contribution in [2.75, 3.05) is 36.9 Å². The van der Waals surface area contributed by atoms with Crippen molar-refractivity contribution in [1.29, 1.82) is 0 Å². The van der Waals surface area contributed by atoms with Crippen LogP contribution in [-0.2, 0) is 0 Å². The molecule has 0 amide bonds. The van der Waals surface area contributed by atoms with Crippen molar-refractivity contribution in [3.63, 3.8) is 0 Å². The number of anilines is 2. The summed E-state index contributed by atoms with van der Waals surface area (Å²) in [5.41, 5.74) is 8.41. The second-order valence-corrected chi connectivity index (χ2v) is 6.43. The zero-order chi connectivity index (χ0) is 17.2. The molecule has 0 saturated heterocycles. The van der Waals surface area contributed by atoms with Crippen LogP contribution in [0.1, 0.15) is 58.8 Å². The molecule has 0 bridgehead atoms. The summed E-state index contributed by atoms with van der Waals surface area (Å²) in [6.07, 6.45) is 8.44. The van der Waals surface area contributed by atoms with Crippen LogP contribution >= 0.6 is 0 Å². The van der Waals surface area contributed by atoms with Gasteiger partial charge < -0.3 is 15.4 Å². The van der Waals surface area contributed by atoms with E-state index in [1.54, 1.807) is 0 Å². The van der Waals surface area contributed by atoms with E-state index in [1.165, 1.54) is 25.0 Å². The fraction of sp³-hybridized carbons (Fsp3) is 0.684. The third-order valence-electron chi connectivity index (χ3n) is 4.27. The lowest BCUT2D eigenvalue weighted by Crippen LogP contribution is -2.25. The Kier molecular flexibility index (Phi) is 7.86. The molecular weight excluding hydrogens is 300 g/mol. The zero-order valence-electron chi connectivity index (χ0n) is 15.3. The summed E-state index contributed by atoms with van der Waals surface area (Å²) in [5, 5.41) is 0. The van der Waals surface area contributed by atoms with Gasteiger partial charge in [0.25, 0.3) is 0 Å². The van der Waals surface area contributed by atoms with E-state index < -0.39 is 0 Å². The van der Waals surface area contributed by atoms with Crippen LogP contribution in [0.15, 0.2) is 17.1 Å². The van der Waals surface area contributed by atoms with E-state index in [9.17, 15) is 0 Å². The number of aliphatic imine (C=N–C) groups is 1. The second-order valence-electron chi connectivity index (χ2n) is 6.43. The molecule has 2 N–H and O–H groups in total. The maximum atomic E-state index is 5.97. The van der Waals surface area contributed by atoms with E-state index in [-0.39, 0.29) is 0 Å². The maximum Gasteiger partial charge on any atom is 0.217 e. The average Bonchev–Trinajstić information content (AvgIpc) is 2.59. The molecule has 2 rings (SSSR count). The number of hydrogen-bond donors (Lipinski definition) is 1. The van der Waals surface area contributed by atoms with Crippen LogP contribution in [-0.4, -0.2) is 36.9 Å². The number of nitrogens with zero attached hydrogens (tertiary/aromatic N) is 3. The van der Waals surface area contributed by atoms with Gasteiger partial charge in [0.2, 0.25) is 5.88 Å². The molecular formula is C19H32N4O. The monoisotopic (exact) mass is 332 g/mol. The smallest absolute Gasteiger partial charge is 0.217 e. The first-order chi connectivity index (χ1) is 11.7. The lowest BCUT2D eigenvalue weighted by Gasteiger charge is -2.24. The van der Waals surface area contributed by atoms with Gasteiger partial charge in [0, 0.05) is 36.6 Å². The number of aromatic nitrogens is 1. The number of hydrogen-bond acceptors (Lipinski definition) is 5. The van der Waals surface area contributed by atoms with Gasteiger partial charge in [-0.2, -0.15) is 4.98 Å². The zero-order valence-corrected chi connectivity index (χ0v) is 15.3. The number of pyridine rings is 1. The highest BCUT2D eigenvalue weighted by Gasteiger charge is 2.09. The van der Waals surface area contributed by atoms with E-state index >= 15 is 0 Å². The van der Waals surface area contributed by atoms with Gasteiger partial charge in [-0.05, 0) is 38.5 Å². The first-order valence-electron chi connectivity index (χ1n) is 9.40. The topological polar surface area (TPSA) is 63.7 Å². The normalized spacial score (nSPS) is 14.5. The van der Waals surface area contributed by atoms with Crippen LogP contribution in [0.4, 0.5) is 11.5 Å². The third kappa shape index (κ3) is 6.02. The lowest BCUT2D eigenvalue weighted by atomic mass is 9.99. The first-order valence-corrected chi connectivity index (χ1v) is 9.40. The van der Waals surface area contributed by atoms with Gasteiger partial charge >= 0.3 is 0 Å². The Morgan fingerprint density at radius 2 is 1.83 bits per heavy atom. The summed E-state index contributed by atoms with van der Waals surface area (Å²) in [6.45, 7) is 7.68. The summed E-state index contributed by atoms with van der Waals surface area (Å²) >= 11 is 0. The van der Waals surface area contributed by atoms with Crippen molar-refractivity contribution in [1.82, 2.24) is 4.98 Å². The molecule has 1 fully saturated rings. The van der Waals surface area contributed by atoms with Gasteiger partial charge in [-0.1, -0.05) is 20.3 Å². The van der Waals surface area contributed by atoms with Crippen molar-refractivity contribution < 1.29 is 4.74 Å². The summed E-state index contributed by atoms with van der Waals surface area (Å²) in [7, 11) is 0. The molecule has 134 valence electrons. The van der Waals surface area contributed by atoms with E-state index in [4.69, 9.17) is 10.5 Å². The molecule has 0 unspecified atom stereocenters. The maximum absolute atomic E-state index is 5.97. The number of nitrogens with two attached hydrogens (primary N) is 1. The minimum Gasteiger partial charge on any atom is -0.476 e. The van der Waals surface area contributed by atoms with Crippen molar-refractivity contribution >= 4 is 17.2 Å². The van der Waals surface area contributed by atoms with Gasteiger partial charge in [-0.15, -0.1) is 0 Å². The van der Waals surface area contributed by atoms with E-state index in [1.807, 2.05) is 12.1 Å². The molecule has 1 aliphatic rings. The summed E-state index contributed by atoms with van der Waals surface area (Å²) in [6, 6.07) is 3.93. The van der Waals surface area contributed by atoms with Crippen LogP contribution in [0.25, 0.3) is 0 Å². The van der Waals surface area contributed by atoms with Crippen LogP contribution in [0, 0.1) is 0 Å². The van der Waals surface area contributed by atoms with Crippen LogP contribution in [0.3, 0.4) is 0 Å². The van der Waals surface area contributed by atoms with Gasteiger partial charge in [-0.3, -0.25) is 4.99 Å². The van der Waals surface area contributed by atoms with E-state index in [0.717, 1.165) is 44.5 Å². The quantitative estimate of drug-likeness (QED) is 0.692. The molecule has 1 saturated carbocycles. The number of ether oxygens (including phenoxy) is 1. The number of nitrogen functional groups attached to an aromatic ring is 1. The molecule has 1 aromatic rings. The largest absolute Gasteiger partial charge is 0.476 e. The molecule has 24 heavy (non-hydrogen) atoms. The van der Waals surface area contributed by atoms with Gasteiger partial charge in [-0.25, -0.2) is 0 Å². The van der Waals surface area contributed by atoms with E-state index in [0.29, 0.717) is 24.8 Å². The Balaban J connectivity index is 1.92. The highest BCUT2D eigenvalue weighted by molar-refractivity contribution is 5.84. The summed E-state index contributed by atoms with van der Waals surface area (Å²) in [4.78, 5) is 11.3. The first kappa shape index (κ1) is 18.6. The molecule has 5 heteroatoms. The molecule has 1 aromatic heterocycles. The second kappa shape index (κ2) is 10.2. The van der Waals surface area contributed by atoms with Gasteiger partial charge in [0.05, 0.1) is 6.54 Å². The fourth-order valence-electron chi connectivity index (χ4n) is 3.15. The Bertz CT molecular complexity index is 516. The Labute approximate surface area is 146 Å². The molecule has 0 aromatic carbocycles. The fourth-order valence-corrected chi connectivity index (χ4v) is 3.15. The molecule has 0 radical (unpaired) electrons. The van der Waals surface area contributed by atoms with Crippen molar-refractivity contribution in [2.24, 2.45) is 4.99 Å². The lowest BCUT2D eigenvalue weighted by molar-refractivity contribution is 0.316. The summed E-state index contributed by atoms with van der Waals surface area (Å²) in [5.74, 6) is 1.12. The summed E-state index contributed by atoms with van der Waals surface area (Å²) < 4.78 is 5.80. The number of rotatable bonds is 9. The SMILES string of the molecule is CCCN(CCC)c1cc(N)nc(OCCN=C2CCCCC2)c1. The van der Waals surface area contributed by atoms with Gasteiger partial charge in [0.1, 0.15) is 12.4 Å². The van der Waals surface area contributed by atoms with Crippen molar-refractivity contribution in [3.8, 4) is 5.88 Å². The highest BCUT2D eigenvalue weighted by atomic mass is 16.5. The predicted molar refractivity (Wildman–Crippen MR) is 102 cm³/mol. The Hall–Kier alpha value is -1.78. The molecule has 5 nitrogen and oxygen atoms in total. The van der Waals surface area contributed by atoms with Crippen LogP contribution < -0.4 is 15.4 Å². The average molecular weight is 332 g/mol. The minimum atomic E-state index is 0.512. The standard InChI is InChI=1S/C19H32N4O/c1-3-11-23(12-4-2)17-14-18(20)22-19(15-17)24-13-10-21-16-8-6-5-7-9-16/h14-15H,3-13H2,1-2H3,(H2,20,22).